The van der Waals surface area contributed by atoms with Crippen LogP contribution in [0.3, 0.4) is 0 Å². The number of carbonyl (C=O) groups excluding carboxylic acids is 1. The number of amides is 1. The smallest absolute Gasteiger partial charge is 0.349 e. The number of aromatic nitrogens is 2. The Morgan fingerprint density at radius 2 is 1.97 bits per heavy atom. The molecule has 0 aliphatic carbocycles. The second kappa shape index (κ2) is 7.37. The van der Waals surface area contributed by atoms with Crippen LogP contribution in [0.2, 0.25) is 0 Å². The first-order valence-electron chi connectivity index (χ1n) is 8.56. The highest BCUT2D eigenvalue weighted by Gasteiger charge is 2.19. The zero-order valence-electron chi connectivity index (χ0n) is 15.1. The fourth-order valence-corrected chi connectivity index (χ4v) is 3.24. The third-order valence-corrected chi connectivity index (χ3v) is 4.83. The van der Waals surface area contributed by atoms with Gasteiger partial charge in [-0.3, -0.25) is 4.79 Å². The molecular formula is C21H13BrN4O3. The minimum atomic E-state index is -0.766. The number of nitrogens with zero attached hydrogens (tertiary/aromatic N) is 3. The topological polar surface area (TPSA) is 101 Å². The molecule has 4 aromatic rings. The van der Waals surface area contributed by atoms with Crippen molar-refractivity contribution in [1.82, 2.24) is 9.78 Å². The van der Waals surface area contributed by atoms with E-state index in [9.17, 15) is 14.9 Å². The van der Waals surface area contributed by atoms with Crippen molar-refractivity contribution < 1.29 is 9.21 Å². The van der Waals surface area contributed by atoms with Gasteiger partial charge in [0.2, 0.25) is 0 Å². The molecule has 0 bridgehead atoms. The van der Waals surface area contributed by atoms with Crippen LogP contribution in [0.5, 0.6) is 0 Å². The van der Waals surface area contributed by atoms with Gasteiger partial charge in [0, 0.05) is 9.86 Å². The Bertz CT molecular complexity index is 1350. The van der Waals surface area contributed by atoms with E-state index < -0.39 is 11.5 Å². The molecule has 8 heteroatoms. The summed E-state index contributed by atoms with van der Waals surface area (Å²) in [4.78, 5) is 25.1. The fraction of sp³-hybridized carbons (Fsp3) is 0.0476. The molecule has 7 nitrogen and oxygen atoms in total. The summed E-state index contributed by atoms with van der Waals surface area (Å²) in [5.74, 6) is -0.513. The summed E-state index contributed by atoms with van der Waals surface area (Å²) in [6.45, 7) is 1.95. The lowest BCUT2D eigenvalue weighted by atomic mass is 10.2. The van der Waals surface area contributed by atoms with Crippen molar-refractivity contribution in [1.29, 1.82) is 5.26 Å². The number of hydrogen-bond donors (Lipinski definition) is 1. The predicted octanol–water partition coefficient (Wildman–Crippen LogP) is 4.17. The number of hydrogen-bond acceptors (Lipinski definition) is 5. The molecule has 0 saturated heterocycles. The molecule has 0 fully saturated rings. The van der Waals surface area contributed by atoms with Crippen LogP contribution in [0.1, 0.15) is 21.5 Å². The van der Waals surface area contributed by atoms with Crippen LogP contribution in [0, 0.1) is 18.3 Å². The summed E-state index contributed by atoms with van der Waals surface area (Å²) in [7, 11) is 0. The number of benzene rings is 2. The molecule has 2 heterocycles. The van der Waals surface area contributed by atoms with Crippen LogP contribution in [-0.2, 0) is 0 Å². The summed E-state index contributed by atoms with van der Waals surface area (Å²) >= 11 is 3.35. The fourth-order valence-electron chi connectivity index (χ4n) is 2.86. The number of carbonyl (C=O) groups is 1. The summed E-state index contributed by atoms with van der Waals surface area (Å²) < 4.78 is 7.47. The van der Waals surface area contributed by atoms with Gasteiger partial charge in [-0.05, 0) is 43.3 Å². The van der Waals surface area contributed by atoms with Gasteiger partial charge in [-0.1, -0.05) is 33.6 Å². The Labute approximate surface area is 173 Å². The highest BCUT2D eigenvalue weighted by Crippen LogP contribution is 2.22. The van der Waals surface area contributed by atoms with Gasteiger partial charge in [0.25, 0.3) is 5.91 Å². The van der Waals surface area contributed by atoms with E-state index in [1.54, 1.807) is 18.2 Å². The molecule has 1 amide bonds. The van der Waals surface area contributed by atoms with Gasteiger partial charge in [0.1, 0.15) is 22.8 Å². The average molecular weight is 449 g/mol. The van der Waals surface area contributed by atoms with Crippen molar-refractivity contribution >= 4 is 38.6 Å². The Kier molecular flexibility index (Phi) is 4.74. The number of nitriles is 1. The molecule has 2 aromatic heterocycles. The Hall–Kier alpha value is -3.70. The Morgan fingerprint density at radius 1 is 1.21 bits per heavy atom. The van der Waals surface area contributed by atoms with Gasteiger partial charge in [-0.15, -0.1) is 0 Å². The van der Waals surface area contributed by atoms with Gasteiger partial charge in [-0.2, -0.15) is 10.4 Å². The van der Waals surface area contributed by atoms with Crippen molar-refractivity contribution in [2.45, 2.75) is 6.92 Å². The average Bonchev–Trinajstić information content (AvgIpc) is 3.10. The predicted molar refractivity (Wildman–Crippen MR) is 111 cm³/mol. The molecular weight excluding hydrogens is 436 g/mol. The first-order valence-corrected chi connectivity index (χ1v) is 9.35. The molecule has 2 aromatic carbocycles. The van der Waals surface area contributed by atoms with Crippen molar-refractivity contribution in [2.75, 3.05) is 5.32 Å². The Morgan fingerprint density at radius 3 is 2.69 bits per heavy atom. The maximum atomic E-state index is 12.8. The highest BCUT2D eigenvalue weighted by molar-refractivity contribution is 9.10. The quantitative estimate of drug-likeness (QED) is 0.473. The van der Waals surface area contributed by atoms with E-state index in [0.29, 0.717) is 16.7 Å². The van der Waals surface area contributed by atoms with Crippen LogP contribution in [0.15, 0.2) is 68.4 Å². The third-order valence-electron chi connectivity index (χ3n) is 4.34. The van der Waals surface area contributed by atoms with Crippen LogP contribution in [-0.4, -0.2) is 15.7 Å². The lowest BCUT2D eigenvalue weighted by molar-refractivity contribution is 0.102. The zero-order valence-corrected chi connectivity index (χ0v) is 16.7. The molecule has 1 N–H and O–H groups in total. The summed E-state index contributed by atoms with van der Waals surface area (Å²) in [6.07, 6.45) is 1.36. The standard InChI is InChI=1S/C21H13BrN4O3/c1-12-2-5-16(6-3-12)26-19(14(10-23)11-24-26)25-20(27)17-9-13-8-15(22)4-7-18(13)29-21(17)28/h2-9,11H,1H3,(H,25,27). The monoisotopic (exact) mass is 448 g/mol. The van der Waals surface area contributed by atoms with Crippen LogP contribution >= 0.6 is 15.9 Å². The van der Waals surface area contributed by atoms with E-state index in [0.717, 1.165) is 10.0 Å². The lowest BCUT2D eigenvalue weighted by Crippen LogP contribution is -2.22. The van der Waals surface area contributed by atoms with Gasteiger partial charge in [0.05, 0.1) is 11.9 Å². The van der Waals surface area contributed by atoms with E-state index >= 15 is 0 Å². The minimum absolute atomic E-state index is 0.170. The first-order chi connectivity index (χ1) is 14.0. The van der Waals surface area contributed by atoms with Crippen molar-refractivity contribution in [3.8, 4) is 11.8 Å². The van der Waals surface area contributed by atoms with Crippen LogP contribution in [0.25, 0.3) is 16.7 Å². The van der Waals surface area contributed by atoms with E-state index in [4.69, 9.17) is 4.42 Å². The van der Waals surface area contributed by atoms with E-state index in [1.165, 1.54) is 16.9 Å². The molecule has 0 atom stereocenters. The first kappa shape index (κ1) is 18.7. The molecule has 0 aliphatic rings. The van der Waals surface area contributed by atoms with Gasteiger partial charge in [0.15, 0.2) is 5.82 Å². The maximum Gasteiger partial charge on any atom is 0.349 e. The molecule has 0 saturated carbocycles. The zero-order chi connectivity index (χ0) is 20.5. The van der Waals surface area contributed by atoms with Crippen LogP contribution < -0.4 is 10.9 Å². The van der Waals surface area contributed by atoms with Gasteiger partial charge < -0.3 is 9.73 Å². The largest absolute Gasteiger partial charge is 0.422 e. The maximum absolute atomic E-state index is 12.8. The number of nitrogens with one attached hydrogen (secondary N) is 1. The SMILES string of the molecule is Cc1ccc(-n2ncc(C#N)c2NC(=O)c2cc3cc(Br)ccc3oc2=O)cc1. The second-order valence-corrected chi connectivity index (χ2v) is 7.27. The molecule has 29 heavy (non-hydrogen) atoms. The number of rotatable bonds is 3. The van der Waals surface area contributed by atoms with Crippen molar-refractivity contribution in [3.63, 3.8) is 0 Å². The second-order valence-electron chi connectivity index (χ2n) is 6.35. The van der Waals surface area contributed by atoms with Crippen molar-refractivity contribution in [2.24, 2.45) is 0 Å². The number of aryl methyl sites for hydroxylation is 1. The van der Waals surface area contributed by atoms with Gasteiger partial charge in [-0.25, -0.2) is 9.48 Å². The number of anilines is 1. The molecule has 0 aliphatic heterocycles. The summed E-state index contributed by atoms with van der Waals surface area (Å²) in [6, 6.07) is 16.0. The van der Waals surface area contributed by atoms with E-state index in [1.807, 2.05) is 37.3 Å². The molecule has 0 spiro atoms. The minimum Gasteiger partial charge on any atom is -0.422 e. The molecule has 4 rings (SSSR count). The number of fused-ring (bicyclic) bond motifs is 1. The van der Waals surface area contributed by atoms with E-state index in [2.05, 4.69) is 26.3 Å². The highest BCUT2D eigenvalue weighted by atomic mass is 79.9. The van der Waals surface area contributed by atoms with E-state index in [-0.39, 0.29) is 16.9 Å². The Balaban J connectivity index is 1.76. The van der Waals surface area contributed by atoms with Gasteiger partial charge >= 0.3 is 5.63 Å². The van der Waals surface area contributed by atoms with Crippen molar-refractivity contribution in [3.05, 3.63) is 86.3 Å². The molecule has 0 radical (unpaired) electrons. The van der Waals surface area contributed by atoms with Crippen LogP contribution in [0.4, 0.5) is 5.82 Å². The third kappa shape index (κ3) is 3.56. The molecule has 142 valence electrons. The lowest BCUT2D eigenvalue weighted by Gasteiger charge is -2.10. The number of halogens is 1. The summed E-state index contributed by atoms with van der Waals surface area (Å²) in [5, 5.41) is 16.8. The summed E-state index contributed by atoms with van der Waals surface area (Å²) in [5.41, 5.74) is 1.34. The molecule has 0 unspecified atom stereocenters. The normalized spacial score (nSPS) is 10.7.